The van der Waals surface area contributed by atoms with Crippen LogP contribution in [-0.2, 0) is 9.84 Å². The molecule has 0 bridgehead atoms. The van der Waals surface area contributed by atoms with Gasteiger partial charge in [-0.15, -0.1) is 0 Å². The topological polar surface area (TPSA) is 124 Å². The highest BCUT2D eigenvalue weighted by atomic mass is 35.5. The number of halogens is 1. The van der Waals surface area contributed by atoms with Gasteiger partial charge in [0.05, 0.1) is 26.7 Å². The third-order valence-corrected chi connectivity index (χ3v) is 7.24. The van der Waals surface area contributed by atoms with Gasteiger partial charge >= 0.3 is 0 Å². The van der Waals surface area contributed by atoms with Gasteiger partial charge in [0.2, 0.25) is 0 Å². The van der Waals surface area contributed by atoms with Gasteiger partial charge in [0, 0.05) is 22.7 Å². The molecule has 0 fully saturated rings. The van der Waals surface area contributed by atoms with E-state index in [0.29, 0.717) is 38.3 Å². The summed E-state index contributed by atoms with van der Waals surface area (Å²) < 4.78 is 25.3. The van der Waals surface area contributed by atoms with Crippen molar-refractivity contribution in [1.29, 1.82) is 0 Å². The molecule has 2 amide bonds. The zero-order chi connectivity index (χ0) is 25.6. The smallest absolute Gasteiger partial charge is 0.269 e. The van der Waals surface area contributed by atoms with E-state index in [-0.39, 0.29) is 16.5 Å². The van der Waals surface area contributed by atoms with Crippen molar-refractivity contribution in [2.75, 3.05) is 11.6 Å². The number of aromatic nitrogens is 2. The summed E-state index contributed by atoms with van der Waals surface area (Å²) in [5, 5.41) is 9.70. The normalized spacial score (nSPS) is 11.6. The predicted molar refractivity (Wildman–Crippen MR) is 140 cm³/mol. The lowest BCUT2D eigenvalue weighted by atomic mass is 10.0. The lowest BCUT2D eigenvalue weighted by Gasteiger charge is -2.10. The number of amides is 2. The summed E-state index contributed by atoms with van der Waals surface area (Å²) in [7, 11) is -3.38. The molecule has 0 unspecified atom stereocenters. The molecule has 10 heteroatoms. The van der Waals surface area contributed by atoms with Crippen LogP contribution in [0, 0.1) is 0 Å². The number of hydrogen-bond acceptors (Lipinski definition) is 5. The number of sulfone groups is 1. The van der Waals surface area contributed by atoms with E-state index in [1.54, 1.807) is 59.3 Å². The zero-order valence-electron chi connectivity index (χ0n) is 18.9. The second-order valence-corrected chi connectivity index (χ2v) is 10.6. The molecular weight excluding hydrogens is 500 g/mol. The molecule has 0 spiro atoms. The monoisotopic (exact) mass is 518 g/mol. The molecule has 5 rings (SSSR count). The highest BCUT2D eigenvalue weighted by Crippen LogP contribution is 2.32. The van der Waals surface area contributed by atoms with E-state index in [2.05, 4.69) is 10.4 Å². The molecular formula is C26H19ClN4O4S. The van der Waals surface area contributed by atoms with Crippen LogP contribution < -0.4 is 11.1 Å². The predicted octanol–water partition coefficient (Wildman–Crippen LogP) is 4.59. The number of fused-ring (bicyclic) bond motifs is 3. The van der Waals surface area contributed by atoms with Crippen LogP contribution in [0.4, 0.5) is 5.69 Å². The summed E-state index contributed by atoms with van der Waals surface area (Å²) in [6.07, 6.45) is 1.13. The molecule has 0 aliphatic carbocycles. The minimum Gasteiger partial charge on any atom is -0.364 e. The lowest BCUT2D eigenvalue weighted by molar-refractivity contribution is 0.0994. The third kappa shape index (κ3) is 4.19. The molecule has 1 aromatic heterocycles. The van der Waals surface area contributed by atoms with E-state index in [4.69, 9.17) is 17.3 Å². The van der Waals surface area contributed by atoms with Crippen molar-refractivity contribution in [3.63, 3.8) is 0 Å². The van der Waals surface area contributed by atoms with Crippen molar-refractivity contribution in [1.82, 2.24) is 9.78 Å². The molecule has 0 aliphatic heterocycles. The Kier molecular flexibility index (Phi) is 5.74. The van der Waals surface area contributed by atoms with E-state index < -0.39 is 15.7 Å². The van der Waals surface area contributed by atoms with E-state index >= 15 is 0 Å². The maximum absolute atomic E-state index is 12.8. The van der Waals surface area contributed by atoms with Crippen molar-refractivity contribution >= 4 is 60.6 Å². The number of benzene rings is 4. The van der Waals surface area contributed by atoms with Crippen LogP contribution in [0.2, 0.25) is 5.02 Å². The maximum Gasteiger partial charge on any atom is 0.269 e. The molecule has 0 atom stereocenters. The highest BCUT2D eigenvalue weighted by Gasteiger charge is 2.19. The second-order valence-electron chi connectivity index (χ2n) is 8.22. The molecule has 4 aromatic carbocycles. The minimum atomic E-state index is -3.38. The van der Waals surface area contributed by atoms with Gasteiger partial charge in [0.1, 0.15) is 0 Å². The fraction of sp³-hybridized carbons (Fsp3) is 0.0385. The number of anilines is 1. The number of carbonyl (C=O) groups excluding carboxylic acids is 2. The zero-order valence-corrected chi connectivity index (χ0v) is 20.5. The van der Waals surface area contributed by atoms with Crippen LogP contribution in [0.5, 0.6) is 0 Å². The minimum absolute atomic E-state index is 0.0737. The van der Waals surface area contributed by atoms with Crippen molar-refractivity contribution in [2.45, 2.75) is 4.90 Å². The van der Waals surface area contributed by atoms with Crippen molar-refractivity contribution in [3.05, 3.63) is 95.1 Å². The summed E-state index contributed by atoms with van der Waals surface area (Å²) in [6.45, 7) is 0. The summed E-state index contributed by atoms with van der Waals surface area (Å²) in [6, 6.07) is 21.9. The molecule has 8 nitrogen and oxygen atoms in total. The van der Waals surface area contributed by atoms with E-state index in [9.17, 15) is 18.0 Å². The second kappa shape index (κ2) is 8.78. The van der Waals surface area contributed by atoms with E-state index in [1.165, 1.54) is 12.1 Å². The standard InChI is InChI=1S/C26H19ClN4O4S/c1-36(34,35)18-11-9-17(10-12-18)31-24-20(23(30-31)25(28)32)13-7-15-6-8-16(14-21(15)24)29-26(33)19-4-2-3-5-22(19)27/h2-14H,1H3,(H2,28,32)(H,29,33). The highest BCUT2D eigenvalue weighted by molar-refractivity contribution is 7.90. The lowest BCUT2D eigenvalue weighted by Crippen LogP contribution is -2.12. The number of nitrogens with one attached hydrogen (secondary N) is 1. The molecule has 36 heavy (non-hydrogen) atoms. The van der Waals surface area contributed by atoms with Gasteiger partial charge in [-0.1, -0.05) is 35.9 Å². The average molecular weight is 519 g/mol. The van der Waals surface area contributed by atoms with Gasteiger partial charge in [0.25, 0.3) is 11.8 Å². The molecule has 1 heterocycles. The summed E-state index contributed by atoms with van der Waals surface area (Å²) in [5.74, 6) is -1.07. The molecule has 180 valence electrons. The number of carbonyl (C=O) groups is 2. The Labute approximate surface area is 211 Å². The van der Waals surface area contributed by atoms with Gasteiger partial charge in [-0.25, -0.2) is 13.1 Å². The first-order chi connectivity index (χ1) is 17.1. The molecule has 0 aliphatic rings. The Morgan fingerprint density at radius 2 is 1.64 bits per heavy atom. The van der Waals surface area contributed by atoms with Crippen molar-refractivity contribution < 1.29 is 18.0 Å². The number of rotatable bonds is 5. The fourth-order valence-electron chi connectivity index (χ4n) is 4.05. The van der Waals surface area contributed by atoms with Gasteiger partial charge in [-0.05, 0) is 60.0 Å². The van der Waals surface area contributed by atoms with Crippen LogP contribution in [0.25, 0.3) is 27.4 Å². The Morgan fingerprint density at radius 1 is 0.944 bits per heavy atom. The first kappa shape index (κ1) is 23.5. The first-order valence-corrected chi connectivity index (χ1v) is 13.0. The Balaban J connectivity index is 1.68. The van der Waals surface area contributed by atoms with Crippen LogP contribution >= 0.6 is 11.6 Å². The summed E-state index contributed by atoms with van der Waals surface area (Å²) in [4.78, 5) is 25.1. The van der Waals surface area contributed by atoms with Crippen LogP contribution in [-0.4, -0.2) is 36.3 Å². The Bertz CT molecular complexity index is 1790. The van der Waals surface area contributed by atoms with Crippen LogP contribution in [0.3, 0.4) is 0 Å². The van der Waals surface area contributed by atoms with Gasteiger partial charge in [-0.2, -0.15) is 5.10 Å². The van der Waals surface area contributed by atoms with Crippen molar-refractivity contribution in [3.8, 4) is 5.69 Å². The quantitative estimate of drug-likeness (QED) is 0.352. The van der Waals surface area contributed by atoms with Crippen molar-refractivity contribution in [2.24, 2.45) is 5.73 Å². The summed E-state index contributed by atoms with van der Waals surface area (Å²) in [5.41, 5.74) is 7.66. The molecule has 0 radical (unpaired) electrons. The SMILES string of the molecule is CS(=O)(=O)c1ccc(-n2nc(C(N)=O)c3ccc4ccc(NC(=O)c5ccccc5Cl)cc4c32)cc1. The summed E-state index contributed by atoms with van der Waals surface area (Å²) >= 11 is 6.16. The average Bonchev–Trinajstić information content (AvgIpc) is 3.24. The molecule has 0 saturated carbocycles. The number of hydrogen-bond donors (Lipinski definition) is 2. The first-order valence-electron chi connectivity index (χ1n) is 10.7. The van der Waals surface area contributed by atoms with Gasteiger partial charge in [-0.3, -0.25) is 9.59 Å². The van der Waals surface area contributed by atoms with Crippen LogP contribution in [0.1, 0.15) is 20.8 Å². The van der Waals surface area contributed by atoms with E-state index in [1.807, 2.05) is 12.1 Å². The third-order valence-electron chi connectivity index (χ3n) is 5.78. The Morgan fingerprint density at radius 3 is 2.31 bits per heavy atom. The number of nitrogens with zero attached hydrogens (tertiary/aromatic N) is 2. The number of primary amides is 1. The largest absolute Gasteiger partial charge is 0.364 e. The van der Waals surface area contributed by atoms with Crippen LogP contribution in [0.15, 0.2) is 83.8 Å². The Hall–Kier alpha value is -4.21. The maximum atomic E-state index is 12.8. The molecule has 5 aromatic rings. The molecule has 3 N–H and O–H groups in total. The number of nitrogens with two attached hydrogens (primary N) is 1. The molecule has 0 saturated heterocycles. The fourth-order valence-corrected chi connectivity index (χ4v) is 4.90. The van der Waals surface area contributed by atoms with Gasteiger partial charge in [0.15, 0.2) is 15.5 Å². The van der Waals surface area contributed by atoms with E-state index in [0.717, 1.165) is 11.6 Å². The van der Waals surface area contributed by atoms with Gasteiger partial charge < -0.3 is 11.1 Å².